The summed E-state index contributed by atoms with van der Waals surface area (Å²) in [6, 6.07) is 8.50. The van der Waals surface area contributed by atoms with Crippen LogP contribution >= 0.6 is 0 Å². The van der Waals surface area contributed by atoms with E-state index in [1.807, 2.05) is 13.0 Å². The molecule has 0 aliphatic rings. The van der Waals surface area contributed by atoms with Gasteiger partial charge in [0.15, 0.2) is 0 Å². The zero-order valence-corrected chi connectivity index (χ0v) is 8.18. The number of nitrogens with one attached hydrogen (secondary N) is 1. The van der Waals surface area contributed by atoms with Gasteiger partial charge in [-0.3, -0.25) is 0 Å². The van der Waals surface area contributed by atoms with Gasteiger partial charge in [0.05, 0.1) is 0 Å². The molecule has 1 aromatic carbocycles. The highest BCUT2D eigenvalue weighted by Gasteiger charge is 2.02. The van der Waals surface area contributed by atoms with Gasteiger partial charge in [0, 0.05) is 12.6 Å². The van der Waals surface area contributed by atoms with Crippen LogP contribution in [-0.4, -0.2) is 13.2 Å². The van der Waals surface area contributed by atoms with Crippen molar-refractivity contribution in [3.63, 3.8) is 0 Å². The van der Waals surface area contributed by atoms with Crippen molar-refractivity contribution in [3.8, 4) is 0 Å². The first kappa shape index (κ1) is 10.2. The van der Waals surface area contributed by atoms with Gasteiger partial charge >= 0.3 is 0 Å². The number of rotatable bonds is 4. The van der Waals surface area contributed by atoms with Gasteiger partial charge in [-0.2, -0.15) is 0 Å². The standard InChI is InChI=1S/C11H16FN/c1-9-4-3-5-11(8-9)10(2)13-7-6-12/h3-5,8,10,13H,6-7H2,1-2H3/t10-/m0/s1. The van der Waals surface area contributed by atoms with E-state index in [1.165, 1.54) is 11.1 Å². The van der Waals surface area contributed by atoms with Gasteiger partial charge < -0.3 is 5.32 Å². The van der Waals surface area contributed by atoms with E-state index in [4.69, 9.17) is 0 Å². The monoisotopic (exact) mass is 181 g/mol. The molecule has 0 spiro atoms. The predicted molar refractivity (Wildman–Crippen MR) is 53.6 cm³/mol. The highest BCUT2D eigenvalue weighted by atomic mass is 19.1. The van der Waals surface area contributed by atoms with Crippen LogP contribution in [0.15, 0.2) is 24.3 Å². The van der Waals surface area contributed by atoms with E-state index in [2.05, 4.69) is 30.4 Å². The van der Waals surface area contributed by atoms with Crippen molar-refractivity contribution in [2.24, 2.45) is 0 Å². The molecule has 0 bridgehead atoms. The molecule has 0 saturated heterocycles. The minimum Gasteiger partial charge on any atom is -0.308 e. The summed E-state index contributed by atoms with van der Waals surface area (Å²) in [5.74, 6) is 0. The maximum Gasteiger partial charge on any atom is 0.102 e. The Labute approximate surface area is 79.0 Å². The Bertz CT molecular complexity index is 260. The largest absolute Gasteiger partial charge is 0.308 e. The molecule has 0 fully saturated rings. The summed E-state index contributed by atoms with van der Waals surface area (Å²) < 4.78 is 11.9. The summed E-state index contributed by atoms with van der Waals surface area (Å²) in [4.78, 5) is 0. The molecule has 0 unspecified atom stereocenters. The van der Waals surface area contributed by atoms with Crippen LogP contribution in [-0.2, 0) is 0 Å². The molecule has 0 aliphatic carbocycles. The average molecular weight is 181 g/mol. The molecule has 0 aromatic heterocycles. The van der Waals surface area contributed by atoms with Crippen LogP contribution in [0, 0.1) is 6.92 Å². The molecule has 1 N–H and O–H groups in total. The van der Waals surface area contributed by atoms with Crippen molar-refractivity contribution in [1.29, 1.82) is 0 Å². The summed E-state index contributed by atoms with van der Waals surface area (Å²) in [6.07, 6.45) is 0. The Balaban J connectivity index is 2.60. The van der Waals surface area contributed by atoms with Crippen LogP contribution < -0.4 is 5.32 Å². The Kier molecular flexibility index (Phi) is 3.90. The van der Waals surface area contributed by atoms with E-state index in [-0.39, 0.29) is 12.7 Å². The van der Waals surface area contributed by atoms with Crippen LogP contribution in [0.5, 0.6) is 0 Å². The van der Waals surface area contributed by atoms with Crippen LogP contribution in [0.2, 0.25) is 0 Å². The van der Waals surface area contributed by atoms with Gasteiger partial charge in [0.1, 0.15) is 6.67 Å². The van der Waals surface area contributed by atoms with E-state index in [0.29, 0.717) is 6.54 Å². The Morgan fingerprint density at radius 2 is 2.23 bits per heavy atom. The topological polar surface area (TPSA) is 12.0 Å². The Hall–Kier alpha value is -0.890. The van der Waals surface area contributed by atoms with Crippen molar-refractivity contribution < 1.29 is 4.39 Å². The second-order valence-electron chi connectivity index (χ2n) is 3.28. The third-order valence-corrected chi connectivity index (χ3v) is 2.09. The third-order valence-electron chi connectivity index (χ3n) is 2.09. The maximum atomic E-state index is 11.9. The zero-order chi connectivity index (χ0) is 9.68. The number of alkyl halides is 1. The molecular formula is C11H16FN. The maximum absolute atomic E-state index is 11.9. The predicted octanol–water partition coefficient (Wildman–Crippen LogP) is 2.62. The molecule has 0 aliphatic heterocycles. The van der Waals surface area contributed by atoms with Crippen LogP contribution in [0.3, 0.4) is 0 Å². The molecule has 13 heavy (non-hydrogen) atoms. The quantitative estimate of drug-likeness (QED) is 0.753. The molecule has 72 valence electrons. The van der Waals surface area contributed by atoms with E-state index < -0.39 is 0 Å². The smallest absolute Gasteiger partial charge is 0.102 e. The van der Waals surface area contributed by atoms with Gasteiger partial charge in [-0.1, -0.05) is 29.8 Å². The highest BCUT2D eigenvalue weighted by Crippen LogP contribution is 2.12. The molecule has 0 amide bonds. The molecule has 1 atom stereocenters. The fourth-order valence-electron chi connectivity index (χ4n) is 1.33. The van der Waals surface area contributed by atoms with Gasteiger partial charge in [-0.25, -0.2) is 4.39 Å². The lowest BCUT2D eigenvalue weighted by atomic mass is 10.1. The van der Waals surface area contributed by atoms with Crippen LogP contribution in [0.4, 0.5) is 4.39 Å². The molecular weight excluding hydrogens is 165 g/mol. The summed E-state index contributed by atoms with van der Waals surface area (Å²) in [5, 5.41) is 3.10. The van der Waals surface area contributed by atoms with E-state index >= 15 is 0 Å². The lowest BCUT2D eigenvalue weighted by molar-refractivity contribution is 0.444. The van der Waals surface area contributed by atoms with Gasteiger partial charge in [0.25, 0.3) is 0 Å². The van der Waals surface area contributed by atoms with E-state index in [1.54, 1.807) is 0 Å². The van der Waals surface area contributed by atoms with Crippen molar-refractivity contribution in [2.45, 2.75) is 19.9 Å². The first-order valence-corrected chi connectivity index (χ1v) is 4.60. The Morgan fingerprint density at radius 1 is 1.46 bits per heavy atom. The van der Waals surface area contributed by atoms with Crippen LogP contribution in [0.25, 0.3) is 0 Å². The third kappa shape index (κ3) is 3.15. The molecule has 1 rings (SSSR count). The zero-order valence-electron chi connectivity index (χ0n) is 8.18. The number of hydrogen-bond donors (Lipinski definition) is 1. The van der Waals surface area contributed by atoms with Crippen molar-refractivity contribution in [3.05, 3.63) is 35.4 Å². The average Bonchev–Trinajstić information content (AvgIpc) is 2.14. The lowest BCUT2D eigenvalue weighted by Gasteiger charge is -2.13. The van der Waals surface area contributed by atoms with Gasteiger partial charge in [-0.05, 0) is 19.4 Å². The van der Waals surface area contributed by atoms with Crippen molar-refractivity contribution in [2.75, 3.05) is 13.2 Å². The normalized spacial score (nSPS) is 12.8. The summed E-state index contributed by atoms with van der Waals surface area (Å²) in [6.45, 7) is 4.22. The molecule has 2 heteroatoms. The highest BCUT2D eigenvalue weighted by molar-refractivity contribution is 5.24. The second-order valence-corrected chi connectivity index (χ2v) is 3.28. The SMILES string of the molecule is Cc1cccc([C@H](C)NCCF)c1. The number of hydrogen-bond acceptors (Lipinski definition) is 1. The Morgan fingerprint density at radius 3 is 2.85 bits per heavy atom. The van der Waals surface area contributed by atoms with E-state index in [9.17, 15) is 4.39 Å². The first-order valence-electron chi connectivity index (χ1n) is 4.60. The number of aryl methyl sites for hydroxylation is 1. The molecule has 1 nitrogen and oxygen atoms in total. The fraction of sp³-hybridized carbons (Fsp3) is 0.455. The molecule has 0 heterocycles. The molecule has 0 saturated carbocycles. The molecule has 1 aromatic rings. The van der Waals surface area contributed by atoms with E-state index in [0.717, 1.165) is 0 Å². The lowest BCUT2D eigenvalue weighted by Crippen LogP contribution is -2.20. The number of benzene rings is 1. The van der Waals surface area contributed by atoms with Gasteiger partial charge in [-0.15, -0.1) is 0 Å². The molecule has 0 radical (unpaired) electrons. The summed E-state index contributed by atoms with van der Waals surface area (Å²) in [5.41, 5.74) is 2.46. The van der Waals surface area contributed by atoms with Crippen molar-refractivity contribution in [1.82, 2.24) is 5.32 Å². The summed E-state index contributed by atoms with van der Waals surface area (Å²) in [7, 11) is 0. The first-order chi connectivity index (χ1) is 6.24. The van der Waals surface area contributed by atoms with Gasteiger partial charge in [0.2, 0.25) is 0 Å². The fourth-order valence-corrected chi connectivity index (χ4v) is 1.33. The van der Waals surface area contributed by atoms with Crippen molar-refractivity contribution >= 4 is 0 Å². The van der Waals surface area contributed by atoms with Crippen LogP contribution in [0.1, 0.15) is 24.1 Å². The second kappa shape index (κ2) is 4.97. The summed E-state index contributed by atoms with van der Waals surface area (Å²) >= 11 is 0. The minimum absolute atomic E-state index is 0.232. The number of halogens is 1. The minimum atomic E-state index is -0.309.